The van der Waals surface area contributed by atoms with Crippen molar-refractivity contribution in [3.63, 3.8) is 0 Å². The van der Waals surface area contributed by atoms with E-state index in [1.807, 2.05) is 6.07 Å². The van der Waals surface area contributed by atoms with Crippen LogP contribution in [0.15, 0.2) is 34.7 Å². The minimum atomic E-state index is -0.523. The molecule has 1 amide bonds. The van der Waals surface area contributed by atoms with Crippen molar-refractivity contribution in [3.8, 4) is 17.2 Å². The zero-order chi connectivity index (χ0) is 19.6. The Kier molecular flexibility index (Phi) is 6.11. The number of rotatable bonds is 5. The largest absolute Gasteiger partial charge is 0.505 e. The van der Waals surface area contributed by atoms with Crippen LogP contribution in [0.25, 0.3) is 11.5 Å². The molecule has 0 bridgehead atoms. The number of aromatic nitrogens is 2. The Morgan fingerprint density at radius 3 is 2.37 bits per heavy atom. The second kappa shape index (κ2) is 8.35. The van der Waals surface area contributed by atoms with E-state index in [1.54, 1.807) is 12.1 Å². The number of halogens is 4. The van der Waals surface area contributed by atoms with Crippen molar-refractivity contribution in [2.45, 2.75) is 6.42 Å². The molecule has 10 heteroatoms. The summed E-state index contributed by atoms with van der Waals surface area (Å²) in [6, 6.07) is 8.06. The van der Waals surface area contributed by atoms with E-state index in [4.69, 9.17) is 50.8 Å². The second-order valence-electron chi connectivity index (χ2n) is 5.46. The molecule has 6 nitrogen and oxygen atoms in total. The first-order valence-corrected chi connectivity index (χ1v) is 9.10. The lowest BCUT2D eigenvalue weighted by Crippen LogP contribution is -2.26. The number of phenols is 1. The molecule has 0 atom stereocenters. The highest BCUT2D eigenvalue weighted by Gasteiger charge is 2.17. The zero-order valence-electron chi connectivity index (χ0n) is 13.5. The average Bonchev–Trinajstić information content (AvgIpc) is 3.12. The fourth-order valence-corrected chi connectivity index (χ4v) is 3.02. The smallest absolute Gasteiger partial charge is 0.308 e. The van der Waals surface area contributed by atoms with Gasteiger partial charge < -0.3 is 14.8 Å². The van der Waals surface area contributed by atoms with E-state index >= 15 is 0 Å². The topological polar surface area (TPSA) is 88.2 Å². The summed E-state index contributed by atoms with van der Waals surface area (Å²) in [7, 11) is 0. The Labute approximate surface area is 174 Å². The van der Waals surface area contributed by atoms with Crippen LogP contribution in [-0.2, 0) is 6.42 Å². The SMILES string of the molecule is O=C(NCCc1ccc(Cl)c(Cl)c1)c1nnc(-c2cc(Cl)c(O)c(Cl)c2)o1. The van der Waals surface area contributed by atoms with Gasteiger partial charge in [0.2, 0.25) is 5.89 Å². The van der Waals surface area contributed by atoms with E-state index in [2.05, 4.69) is 15.5 Å². The minimum Gasteiger partial charge on any atom is -0.505 e. The number of hydrogen-bond donors (Lipinski definition) is 2. The molecule has 0 aliphatic heterocycles. The summed E-state index contributed by atoms with van der Waals surface area (Å²) in [5.41, 5.74) is 1.30. The van der Waals surface area contributed by atoms with Crippen LogP contribution in [0.5, 0.6) is 5.75 Å². The number of carbonyl (C=O) groups is 1. The lowest BCUT2D eigenvalue weighted by Gasteiger charge is -2.04. The van der Waals surface area contributed by atoms with Crippen molar-refractivity contribution < 1.29 is 14.3 Å². The maximum atomic E-state index is 12.1. The van der Waals surface area contributed by atoms with Gasteiger partial charge in [-0.2, -0.15) is 0 Å². The van der Waals surface area contributed by atoms with Crippen LogP contribution in [0.2, 0.25) is 20.1 Å². The predicted octanol–water partition coefficient (Wildman–Crippen LogP) is 5.03. The predicted molar refractivity (Wildman–Crippen MR) is 104 cm³/mol. The lowest BCUT2D eigenvalue weighted by molar-refractivity contribution is 0.0920. The van der Waals surface area contributed by atoms with Gasteiger partial charge in [0, 0.05) is 12.1 Å². The van der Waals surface area contributed by atoms with Gasteiger partial charge in [0.25, 0.3) is 0 Å². The highest BCUT2D eigenvalue weighted by Crippen LogP contribution is 2.36. The maximum absolute atomic E-state index is 12.1. The molecule has 3 rings (SSSR count). The number of phenolic OH excluding ortho intramolecular Hbond substituents is 1. The second-order valence-corrected chi connectivity index (χ2v) is 7.08. The van der Waals surface area contributed by atoms with E-state index in [9.17, 15) is 9.90 Å². The molecule has 0 radical (unpaired) electrons. The number of hydrogen-bond acceptors (Lipinski definition) is 5. The molecule has 0 spiro atoms. The standard InChI is InChI=1S/C17H11Cl4N3O3/c18-10-2-1-8(5-11(10)19)3-4-22-15(26)17-24-23-16(27-17)9-6-12(20)14(25)13(21)7-9/h1-2,5-7,25H,3-4H2,(H,22,26). The Bertz CT molecular complexity index is 984. The van der Waals surface area contributed by atoms with Gasteiger partial charge in [0.05, 0.1) is 20.1 Å². The number of benzene rings is 2. The molecule has 1 aromatic heterocycles. The van der Waals surface area contributed by atoms with E-state index in [0.717, 1.165) is 5.56 Å². The number of nitrogens with one attached hydrogen (secondary N) is 1. The van der Waals surface area contributed by atoms with E-state index in [-0.39, 0.29) is 27.6 Å². The van der Waals surface area contributed by atoms with Crippen LogP contribution in [0, 0.1) is 0 Å². The van der Waals surface area contributed by atoms with Crippen molar-refractivity contribution in [1.82, 2.24) is 15.5 Å². The quantitative estimate of drug-likeness (QED) is 0.573. The van der Waals surface area contributed by atoms with Gasteiger partial charge in [-0.3, -0.25) is 4.79 Å². The first-order chi connectivity index (χ1) is 12.8. The first kappa shape index (κ1) is 19.8. The molecule has 0 aliphatic carbocycles. The van der Waals surface area contributed by atoms with Crippen molar-refractivity contribution >= 4 is 52.3 Å². The van der Waals surface area contributed by atoms with E-state index < -0.39 is 5.91 Å². The van der Waals surface area contributed by atoms with Crippen LogP contribution in [0.1, 0.15) is 16.2 Å². The molecule has 140 valence electrons. The summed E-state index contributed by atoms with van der Waals surface area (Å²) in [5, 5.41) is 20.8. The van der Waals surface area contributed by atoms with E-state index in [1.165, 1.54) is 12.1 Å². The Morgan fingerprint density at radius 1 is 1.00 bits per heavy atom. The molecule has 3 aromatic rings. The fraction of sp³-hybridized carbons (Fsp3) is 0.118. The summed E-state index contributed by atoms with van der Waals surface area (Å²) < 4.78 is 5.35. The molecule has 27 heavy (non-hydrogen) atoms. The summed E-state index contributed by atoms with van der Waals surface area (Å²) in [5.74, 6) is -0.931. The molecule has 0 saturated carbocycles. The highest BCUT2D eigenvalue weighted by molar-refractivity contribution is 6.42. The lowest BCUT2D eigenvalue weighted by atomic mass is 10.1. The van der Waals surface area contributed by atoms with Crippen molar-refractivity contribution in [2.24, 2.45) is 0 Å². The molecule has 1 heterocycles. The van der Waals surface area contributed by atoms with Crippen LogP contribution in [0.3, 0.4) is 0 Å². The first-order valence-electron chi connectivity index (χ1n) is 7.59. The van der Waals surface area contributed by atoms with Gasteiger partial charge in [0.15, 0.2) is 5.75 Å². The number of amides is 1. The average molecular weight is 447 g/mol. The van der Waals surface area contributed by atoms with Gasteiger partial charge in [-0.25, -0.2) is 0 Å². The summed E-state index contributed by atoms with van der Waals surface area (Å²) in [6.45, 7) is 0.339. The van der Waals surface area contributed by atoms with Crippen molar-refractivity contribution in [3.05, 3.63) is 61.9 Å². The molecule has 2 N–H and O–H groups in total. The van der Waals surface area contributed by atoms with Gasteiger partial charge in [-0.05, 0) is 36.2 Å². The number of carbonyl (C=O) groups excluding carboxylic acids is 1. The monoisotopic (exact) mass is 445 g/mol. The summed E-state index contributed by atoms with van der Waals surface area (Å²) >= 11 is 23.6. The number of nitrogens with zero attached hydrogens (tertiary/aromatic N) is 2. The Hall–Kier alpha value is -1.99. The van der Waals surface area contributed by atoms with Crippen LogP contribution < -0.4 is 5.32 Å². The molecule has 2 aromatic carbocycles. The molecule has 0 aliphatic rings. The molecule has 0 unspecified atom stereocenters. The summed E-state index contributed by atoms with van der Waals surface area (Å²) in [4.78, 5) is 12.1. The Morgan fingerprint density at radius 2 is 1.70 bits per heavy atom. The third-order valence-corrected chi connectivity index (χ3v) is 4.88. The zero-order valence-corrected chi connectivity index (χ0v) is 16.5. The van der Waals surface area contributed by atoms with Crippen molar-refractivity contribution in [2.75, 3.05) is 6.54 Å². The molecular weight excluding hydrogens is 436 g/mol. The minimum absolute atomic E-state index is 0.0309. The third kappa shape index (κ3) is 4.65. The molecular formula is C17H11Cl4N3O3. The van der Waals surface area contributed by atoms with Crippen LogP contribution in [0.4, 0.5) is 0 Å². The van der Waals surface area contributed by atoms with Gasteiger partial charge in [-0.1, -0.05) is 52.5 Å². The van der Waals surface area contributed by atoms with Crippen LogP contribution >= 0.6 is 46.4 Å². The van der Waals surface area contributed by atoms with Crippen LogP contribution in [-0.4, -0.2) is 27.8 Å². The fourth-order valence-electron chi connectivity index (χ4n) is 2.21. The van der Waals surface area contributed by atoms with Gasteiger partial charge in [-0.15, -0.1) is 10.2 Å². The van der Waals surface area contributed by atoms with Crippen molar-refractivity contribution in [1.29, 1.82) is 0 Å². The maximum Gasteiger partial charge on any atom is 0.308 e. The third-order valence-electron chi connectivity index (χ3n) is 3.57. The summed E-state index contributed by atoms with van der Waals surface area (Å²) in [6.07, 6.45) is 0.548. The van der Waals surface area contributed by atoms with Gasteiger partial charge >= 0.3 is 11.8 Å². The normalized spacial score (nSPS) is 10.8. The highest BCUT2D eigenvalue weighted by atomic mass is 35.5. The number of aromatic hydroxyl groups is 1. The Balaban J connectivity index is 1.64. The van der Waals surface area contributed by atoms with Gasteiger partial charge in [0.1, 0.15) is 0 Å². The van der Waals surface area contributed by atoms with E-state index in [0.29, 0.717) is 28.6 Å². The molecule has 0 saturated heterocycles. The molecule has 0 fully saturated rings.